The summed E-state index contributed by atoms with van der Waals surface area (Å²) in [6.07, 6.45) is 19.1. The molecule has 4 atom stereocenters. The number of carboxylic acids is 2. The molecule has 8 nitrogen and oxygen atoms in total. The van der Waals surface area contributed by atoms with Crippen molar-refractivity contribution in [3.63, 3.8) is 0 Å². The van der Waals surface area contributed by atoms with Gasteiger partial charge in [0.1, 0.15) is 0 Å². The number of unbranched alkanes of at least 4 members (excludes halogenated alkanes) is 1. The number of carboxylic acid groups (broad SMARTS) is 2. The third-order valence-corrected chi connectivity index (χ3v) is 6.96. The van der Waals surface area contributed by atoms with Gasteiger partial charge in [0.2, 0.25) is 0 Å². The van der Waals surface area contributed by atoms with Crippen molar-refractivity contribution in [1.29, 1.82) is 0 Å². The third-order valence-electron chi connectivity index (χ3n) is 6.96. The van der Waals surface area contributed by atoms with Gasteiger partial charge >= 0.3 is 11.9 Å². The van der Waals surface area contributed by atoms with Crippen molar-refractivity contribution in [3.8, 4) is 0 Å². The molecular formula is C28H50N4O4. The van der Waals surface area contributed by atoms with Crippen molar-refractivity contribution in [2.45, 2.75) is 105 Å². The number of hydrogen-bond donors (Lipinski definition) is 4. The second-order valence-corrected chi connectivity index (χ2v) is 9.53. The summed E-state index contributed by atoms with van der Waals surface area (Å²) in [6.45, 7) is 10.6. The molecule has 0 spiro atoms. The molecule has 0 saturated heterocycles. The molecule has 0 fully saturated rings. The zero-order chi connectivity index (χ0) is 27.2. The Morgan fingerprint density at radius 2 is 1.42 bits per heavy atom. The van der Waals surface area contributed by atoms with E-state index in [4.69, 9.17) is 0 Å². The van der Waals surface area contributed by atoms with Crippen LogP contribution in [0.5, 0.6) is 0 Å². The molecule has 0 amide bonds. The fraction of sp³-hybridized carbons (Fsp3) is 0.714. The quantitative estimate of drug-likeness (QED) is 0.190. The summed E-state index contributed by atoms with van der Waals surface area (Å²) in [5.74, 6) is -1.39. The molecule has 206 valence electrons. The van der Waals surface area contributed by atoms with E-state index in [2.05, 4.69) is 54.6 Å². The zero-order valence-corrected chi connectivity index (χ0v) is 23.1. The number of nitrogens with zero attached hydrogens (tertiary/aromatic N) is 2. The number of imidazole rings is 2. The zero-order valence-electron chi connectivity index (χ0n) is 23.1. The normalized spacial score (nSPS) is 14.7. The second kappa shape index (κ2) is 20.5. The Hall–Kier alpha value is -2.64. The molecule has 0 aromatic carbocycles. The standard InChI is InChI=1S/C22H42O4.2C3H4N2/c1-6-11-14-17(9-4)15-22(21(25)26,16-20(23)24)19(13-8-3)18(10-5)12-7-2;2*1-2-5-3-4-1/h17-19H,6-16H2,1-5H3,(H,23,24)(H,25,26);2*1-3H,(H,4,5). The molecule has 0 aliphatic carbocycles. The largest absolute Gasteiger partial charge is 0.481 e. The highest BCUT2D eigenvalue weighted by Crippen LogP contribution is 2.48. The van der Waals surface area contributed by atoms with E-state index >= 15 is 0 Å². The fourth-order valence-corrected chi connectivity index (χ4v) is 5.17. The predicted octanol–water partition coefficient (Wildman–Crippen LogP) is 7.20. The van der Waals surface area contributed by atoms with Gasteiger partial charge in [0.25, 0.3) is 0 Å². The summed E-state index contributed by atoms with van der Waals surface area (Å²) >= 11 is 0. The molecule has 0 radical (unpaired) electrons. The lowest BCUT2D eigenvalue weighted by atomic mass is 9.60. The first kappa shape index (κ1) is 33.4. The fourth-order valence-electron chi connectivity index (χ4n) is 5.17. The number of aromatic amines is 2. The van der Waals surface area contributed by atoms with E-state index in [0.29, 0.717) is 6.42 Å². The maximum atomic E-state index is 12.6. The smallest absolute Gasteiger partial charge is 0.310 e. The highest BCUT2D eigenvalue weighted by atomic mass is 16.4. The lowest BCUT2D eigenvalue weighted by Gasteiger charge is -2.42. The molecule has 4 N–H and O–H groups in total. The molecule has 0 saturated carbocycles. The first-order valence-corrected chi connectivity index (χ1v) is 13.6. The van der Waals surface area contributed by atoms with E-state index in [-0.39, 0.29) is 24.2 Å². The van der Waals surface area contributed by atoms with Crippen molar-refractivity contribution in [2.75, 3.05) is 0 Å². The van der Waals surface area contributed by atoms with Crippen LogP contribution >= 0.6 is 0 Å². The average Bonchev–Trinajstić information content (AvgIpc) is 3.62. The maximum Gasteiger partial charge on any atom is 0.310 e. The molecule has 36 heavy (non-hydrogen) atoms. The molecule has 2 heterocycles. The van der Waals surface area contributed by atoms with Gasteiger partial charge < -0.3 is 20.2 Å². The Bertz CT molecular complexity index is 691. The van der Waals surface area contributed by atoms with Crippen LogP contribution in [-0.2, 0) is 9.59 Å². The molecule has 2 aromatic heterocycles. The van der Waals surface area contributed by atoms with Gasteiger partial charge in [0.15, 0.2) is 0 Å². The van der Waals surface area contributed by atoms with Crippen LogP contribution in [0.4, 0.5) is 0 Å². The van der Waals surface area contributed by atoms with Crippen molar-refractivity contribution >= 4 is 11.9 Å². The first-order valence-electron chi connectivity index (χ1n) is 13.6. The molecule has 0 aliphatic heterocycles. The Morgan fingerprint density at radius 3 is 1.72 bits per heavy atom. The lowest BCUT2D eigenvalue weighted by molar-refractivity contribution is -0.164. The van der Waals surface area contributed by atoms with Gasteiger partial charge in [0.05, 0.1) is 24.5 Å². The van der Waals surface area contributed by atoms with Crippen LogP contribution in [0, 0.1) is 23.2 Å². The minimum atomic E-state index is -1.15. The van der Waals surface area contributed by atoms with Crippen LogP contribution in [0.15, 0.2) is 37.4 Å². The molecule has 0 bridgehead atoms. The number of aromatic nitrogens is 4. The van der Waals surface area contributed by atoms with Gasteiger partial charge in [-0.15, -0.1) is 0 Å². The van der Waals surface area contributed by atoms with Crippen LogP contribution in [0.2, 0.25) is 0 Å². The summed E-state index contributed by atoms with van der Waals surface area (Å²) in [4.78, 5) is 37.1. The molecule has 0 aliphatic rings. The summed E-state index contributed by atoms with van der Waals surface area (Å²) in [6, 6.07) is 0. The lowest BCUT2D eigenvalue weighted by Crippen LogP contribution is -2.45. The average molecular weight is 507 g/mol. The molecule has 4 unspecified atom stereocenters. The number of hydrogen-bond acceptors (Lipinski definition) is 4. The van der Waals surface area contributed by atoms with Crippen molar-refractivity contribution in [2.24, 2.45) is 23.2 Å². The van der Waals surface area contributed by atoms with Crippen LogP contribution in [0.25, 0.3) is 0 Å². The monoisotopic (exact) mass is 506 g/mol. The van der Waals surface area contributed by atoms with Gasteiger partial charge in [-0.25, -0.2) is 9.97 Å². The number of rotatable bonds is 16. The van der Waals surface area contributed by atoms with Gasteiger partial charge in [0, 0.05) is 24.8 Å². The minimum Gasteiger partial charge on any atom is -0.481 e. The molecule has 2 rings (SSSR count). The van der Waals surface area contributed by atoms with E-state index in [1.54, 1.807) is 37.4 Å². The third kappa shape index (κ3) is 12.9. The summed E-state index contributed by atoms with van der Waals surface area (Å²) < 4.78 is 0. The van der Waals surface area contributed by atoms with Crippen LogP contribution in [-0.4, -0.2) is 42.1 Å². The van der Waals surface area contributed by atoms with Gasteiger partial charge in [-0.2, -0.15) is 0 Å². The Balaban J connectivity index is 0.000000988. The Kier molecular flexibility index (Phi) is 19.0. The topological polar surface area (TPSA) is 132 Å². The molecule has 8 heteroatoms. The van der Waals surface area contributed by atoms with E-state index in [1.807, 2.05) is 0 Å². The van der Waals surface area contributed by atoms with Crippen molar-refractivity contribution in [1.82, 2.24) is 19.9 Å². The Morgan fingerprint density at radius 1 is 0.833 bits per heavy atom. The van der Waals surface area contributed by atoms with E-state index < -0.39 is 17.4 Å². The van der Waals surface area contributed by atoms with E-state index in [0.717, 1.165) is 57.8 Å². The van der Waals surface area contributed by atoms with Gasteiger partial charge in [-0.1, -0.05) is 86.0 Å². The second-order valence-electron chi connectivity index (χ2n) is 9.53. The first-order chi connectivity index (χ1) is 17.3. The van der Waals surface area contributed by atoms with Crippen molar-refractivity contribution in [3.05, 3.63) is 37.4 Å². The number of H-pyrrole nitrogens is 2. The Labute approximate surface area is 217 Å². The molecular weight excluding hydrogens is 456 g/mol. The SMILES string of the molecule is CCCCC(CC)CC(CC(=O)O)(C(=O)O)C(CCC)C(CC)CCC.c1c[nH]cn1.c1c[nH]cn1. The summed E-state index contributed by atoms with van der Waals surface area (Å²) in [5.41, 5.74) is -1.15. The van der Waals surface area contributed by atoms with Gasteiger partial charge in [-0.3, -0.25) is 9.59 Å². The number of nitrogens with one attached hydrogen (secondary N) is 2. The van der Waals surface area contributed by atoms with Crippen molar-refractivity contribution < 1.29 is 19.8 Å². The van der Waals surface area contributed by atoms with E-state index in [9.17, 15) is 19.8 Å². The van der Waals surface area contributed by atoms with Crippen LogP contribution in [0.3, 0.4) is 0 Å². The summed E-state index contributed by atoms with van der Waals surface area (Å²) in [5, 5.41) is 19.9. The maximum absolute atomic E-state index is 12.6. The van der Waals surface area contributed by atoms with Crippen LogP contribution in [0.1, 0.15) is 105 Å². The van der Waals surface area contributed by atoms with Gasteiger partial charge in [-0.05, 0) is 30.6 Å². The minimum absolute atomic E-state index is 0.0678. The molecule has 2 aromatic rings. The number of aliphatic carboxylic acids is 2. The highest BCUT2D eigenvalue weighted by Gasteiger charge is 2.50. The van der Waals surface area contributed by atoms with Crippen LogP contribution < -0.4 is 0 Å². The van der Waals surface area contributed by atoms with E-state index in [1.165, 1.54) is 0 Å². The number of carbonyl (C=O) groups is 2. The predicted molar refractivity (Wildman–Crippen MR) is 145 cm³/mol. The highest BCUT2D eigenvalue weighted by molar-refractivity contribution is 5.82. The summed E-state index contributed by atoms with van der Waals surface area (Å²) in [7, 11) is 0.